The van der Waals surface area contributed by atoms with Crippen LogP contribution in [0.5, 0.6) is 0 Å². The van der Waals surface area contributed by atoms with E-state index in [0.29, 0.717) is 6.42 Å². The molecular weight excluding hydrogens is 252 g/mol. The summed E-state index contributed by atoms with van der Waals surface area (Å²) in [5.74, 6) is 0. The van der Waals surface area contributed by atoms with Crippen LogP contribution in [0.3, 0.4) is 0 Å². The molecule has 0 aliphatic carbocycles. The van der Waals surface area contributed by atoms with Crippen molar-refractivity contribution in [2.45, 2.75) is 82.6 Å². The highest BCUT2D eigenvalue weighted by Crippen LogP contribution is 2.27. The van der Waals surface area contributed by atoms with E-state index < -0.39 is 30.7 Å². The van der Waals surface area contributed by atoms with E-state index in [-0.39, 0.29) is 24.7 Å². The summed E-state index contributed by atoms with van der Waals surface area (Å²) >= 11 is 0. The van der Waals surface area contributed by atoms with Crippen molar-refractivity contribution in [3.05, 3.63) is 0 Å². The summed E-state index contributed by atoms with van der Waals surface area (Å²) in [5, 5.41) is 29.4. The third kappa shape index (κ3) is 3.45. The summed E-state index contributed by atoms with van der Waals surface area (Å²) in [6.45, 7) is 5.43. The molecule has 8 atom stereocenters. The smallest absolute Gasteiger partial charge is 0.161 e. The van der Waals surface area contributed by atoms with Crippen molar-refractivity contribution in [3.63, 3.8) is 0 Å². The van der Waals surface area contributed by atoms with Crippen LogP contribution in [0, 0.1) is 0 Å². The zero-order valence-corrected chi connectivity index (χ0v) is 11.6. The molecule has 0 amide bonds. The van der Waals surface area contributed by atoms with E-state index in [1.807, 2.05) is 6.92 Å². The lowest BCUT2D eigenvalue weighted by atomic mass is 9.98. The summed E-state index contributed by atoms with van der Waals surface area (Å²) in [6.07, 6.45) is -3.41. The largest absolute Gasteiger partial charge is 0.390 e. The molecule has 2 unspecified atom stereocenters. The number of hydrogen-bond acceptors (Lipinski definition) is 6. The van der Waals surface area contributed by atoms with Crippen molar-refractivity contribution in [1.82, 2.24) is 0 Å². The van der Waals surface area contributed by atoms with Gasteiger partial charge in [0.05, 0.1) is 30.5 Å². The van der Waals surface area contributed by atoms with Crippen LogP contribution in [0.15, 0.2) is 0 Å². The predicted octanol–water partition coefficient (Wildman–Crippen LogP) is -0.214. The van der Waals surface area contributed by atoms with Crippen molar-refractivity contribution in [1.29, 1.82) is 0 Å². The standard InChI is InChI=1S/C13H24O6/c1-6-4-10(13(16)8(3)17-6)19-11-5-9(14)12(15)7(2)18-11/h6-16H,4-5H2,1-3H3/t6-,7?,8?,9+,10+,11-,12-,13-/m0/s1. The number of aliphatic hydroxyl groups is 3. The minimum absolute atomic E-state index is 0.0138. The van der Waals surface area contributed by atoms with Crippen LogP contribution in [0.2, 0.25) is 0 Å². The van der Waals surface area contributed by atoms with Gasteiger partial charge in [0.15, 0.2) is 6.29 Å². The van der Waals surface area contributed by atoms with Gasteiger partial charge in [0.2, 0.25) is 0 Å². The first-order valence-electron chi connectivity index (χ1n) is 6.89. The van der Waals surface area contributed by atoms with Gasteiger partial charge in [-0.05, 0) is 20.8 Å². The number of aliphatic hydroxyl groups excluding tert-OH is 3. The van der Waals surface area contributed by atoms with E-state index in [0.717, 1.165) is 0 Å². The Morgan fingerprint density at radius 3 is 2.16 bits per heavy atom. The monoisotopic (exact) mass is 276 g/mol. The van der Waals surface area contributed by atoms with Crippen LogP contribution in [-0.4, -0.2) is 64.3 Å². The second-order valence-corrected chi connectivity index (χ2v) is 5.62. The third-order valence-corrected chi connectivity index (χ3v) is 3.88. The second-order valence-electron chi connectivity index (χ2n) is 5.62. The van der Waals surface area contributed by atoms with Crippen molar-refractivity contribution in [3.8, 4) is 0 Å². The Morgan fingerprint density at radius 2 is 1.53 bits per heavy atom. The van der Waals surface area contributed by atoms with Gasteiger partial charge < -0.3 is 29.5 Å². The minimum atomic E-state index is -0.891. The van der Waals surface area contributed by atoms with Crippen LogP contribution in [-0.2, 0) is 14.2 Å². The molecule has 2 aliphatic rings. The molecule has 0 bridgehead atoms. The maximum atomic E-state index is 10.1. The zero-order chi connectivity index (χ0) is 14.2. The first-order valence-corrected chi connectivity index (χ1v) is 6.89. The highest BCUT2D eigenvalue weighted by molar-refractivity contribution is 4.85. The van der Waals surface area contributed by atoms with E-state index in [2.05, 4.69) is 0 Å². The normalized spacial score (nSPS) is 52.1. The number of ether oxygens (including phenoxy) is 3. The molecule has 0 saturated carbocycles. The van der Waals surface area contributed by atoms with Gasteiger partial charge in [-0.3, -0.25) is 0 Å². The SMILES string of the molecule is CC1O[C@@H](O[C@@H]2C[C@H](C)OC(C)[C@@H]2O)C[C@@H](O)[C@H]1O. The number of hydrogen-bond donors (Lipinski definition) is 3. The Hall–Kier alpha value is -0.240. The third-order valence-electron chi connectivity index (χ3n) is 3.88. The molecule has 0 spiro atoms. The molecule has 0 aromatic rings. The summed E-state index contributed by atoms with van der Waals surface area (Å²) in [7, 11) is 0. The Balaban J connectivity index is 1.93. The molecule has 3 N–H and O–H groups in total. The van der Waals surface area contributed by atoms with Gasteiger partial charge in [0.1, 0.15) is 12.2 Å². The van der Waals surface area contributed by atoms with Crippen LogP contribution in [0.4, 0.5) is 0 Å². The lowest BCUT2D eigenvalue weighted by molar-refractivity contribution is -0.285. The molecule has 2 rings (SSSR count). The average Bonchev–Trinajstić information content (AvgIpc) is 2.32. The molecule has 0 radical (unpaired) electrons. The van der Waals surface area contributed by atoms with Gasteiger partial charge in [-0.1, -0.05) is 0 Å². The van der Waals surface area contributed by atoms with Gasteiger partial charge in [0.25, 0.3) is 0 Å². The average molecular weight is 276 g/mol. The van der Waals surface area contributed by atoms with Crippen LogP contribution in [0.1, 0.15) is 33.6 Å². The Bertz CT molecular complexity index is 287. The Kier molecular flexibility index (Phi) is 4.81. The fraction of sp³-hybridized carbons (Fsp3) is 1.00. The van der Waals surface area contributed by atoms with Crippen LogP contribution in [0.25, 0.3) is 0 Å². The van der Waals surface area contributed by atoms with Gasteiger partial charge in [-0.2, -0.15) is 0 Å². The van der Waals surface area contributed by atoms with Gasteiger partial charge in [0, 0.05) is 12.8 Å². The van der Waals surface area contributed by atoms with E-state index in [9.17, 15) is 15.3 Å². The highest BCUT2D eigenvalue weighted by Gasteiger charge is 2.40. The van der Waals surface area contributed by atoms with Gasteiger partial charge in [-0.25, -0.2) is 0 Å². The predicted molar refractivity (Wildman–Crippen MR) is 66.5 cm³/mol. The lowest BCUT2D eigenvalue weighted by Crippen LogP contribution is -2.52. The summed E-state index contributed by atoms with van der Waals surface area (Å²) < 4.78 is 16.8. The first kappa shape index (κ1) is 15.2. The molecule has 0 aromatic carbocycles. The van der Waals surface area contributed by atoms with Crippen LogP contribution >= 0.6 is 0 Å². The van der Waals surface area contributed by atoms with Crippen LogP contribution < -0.4 is 0 Å². The second kappa shape index (κ2) is 6.03. The van der Waals surface area contributed by atoms with Gasteiger partial charge in [-0.15, -0.1) is 0 Å². The fourth-order valence-electron chi connectivity index (χ4n) is 2.71. The van der Waals surface area contributed by atoms with E-state index >= 15 is 0 Å². The quantitative estimate of drug-likeness (QED) is 0.646. The molecule has 6 nitrogen and oxygen atoms in total. The molecule has 112 valence electrons. The highest BCUT2D eigenvalue weighted by atomic mass is 16.7. The molecule has 6 heteroatoms. The van der Waals surface area contributed by atoms with E-state index in [1.165, 1.54) is 0 Å². The van der Waals surface area contributed by atoms with Crippen molar-refractivity contribution in [2.24, 2.45) is 0 Å². The summed E-state index contributed by atoms with van der Waals surface area (Å²) in [5.41, 5.74) is 0. The fourth-order valence-corrected chi connectivity index (χ4v) is 2.71. The molecule has 0 aromatic heterocycles. The Labute approximate surface area is 113 Å². The molecule has 2 fully saturated rings. The topological polar surface area (TPSA) is 88.4 Å². The maximum Gasteiger partial charge on any atom is 0.161 e. The molecule has 19 heavy (non-hydrogen) atoms. The number of rotatable bonds is 2. The minimum Gasteiger partial charge on any atom is -0.390 e. The lowest BCUT2D eigenvalue weighted by Gasteiger charge is -2.41. The maximum absolute atomic E-state index is 10.1. The van der Waals surface area contributed by atoms with Crippen molar-refractivity contribution < 1.29 is 29.5 Å². The molecule has 2 heterocycles. The Morgan fingerprint density at radius 1 is 0.895 bits per heavy atom. The molecular formula is C13H24O6. The van der Waals surface area contributed by atoms with E-state index in [1.54, 1.807) is 13.8 Å². The van der Waals surface area contributed by atoms with E-state index in [4.69, 9.17) is 14.2 Å². The van der Waals surface area contributed by atoms with Crippen molar-refractivity contribution >= 4 is 0 Å². The van der Waals surface area contributed by atoms with Gasteiger partial charge >= 0.3 is 0 Å². The molecule has 2 saturated heterocycles. The summed E-state index contributed by atoms with van der Waals surface area (Å²) in [6, 6.07) is 0. The molecule has 2 aliphatic heterocycles. The van der Waals surface area contributed by atoms with Crippen molar-refractivity contribution in [2.75, 3.05) is 0 Å². The first-order chi connectivity index (χ1) is 8.88. The summed E-state index contributed by atoms with van der Waals surface area (Å²) in [4.78, 5) is 0. The zero-order valence-electron chi connectivity index (χ0n) is 11.6.